The maximum atomic E-state index is 13.1. The first-order valence-corrected chi connectivity index (χ1v) is 12.2. The van der Waals surface area contributed by atoms with Gasteiger partial charge in [0.2, 0.25) is 0 Å². The van der Waals surface area contributed by atoms with Gasteiger partial charge >= 0.3 is 0 Å². The van der Waals surface area contributed by atoms with Crippen molar-refractivity contribution in [3.63, 3.8) is 0 Å². The third-order valence-electron chi connectivity index (χ3n) is 4.79. The van der Waals surface area contributed by atoms with Gasteiger partial charge in [-0.15, -0.1) is 16.4 Å². The predicted molar refractivity (Wildman–Crippen MR) is 137 cm³/mol. The normalized spacial score (nSPS) is 16.2. The van der Waals surface area contributed by atoms with Crippen molar-refractivity contribution < 1.29 is 13.9 Å². The Kier molecular flexibility index (Phi) is 6.69. The number of thioether (sulfide) groups is 1. The van der Waals surface area contributed by atoms with E-state index in [4.69, 9.17) is 9.15 Å². The van der Waals surface area contributed by atoms with Crippen LogP contribution >= 0.6 is 23.1 Å². The van der Waals surface area contributed by atoms with E-state index in [1.807, 2.05) is 84.3 Å². The van der Waals surface area contributed by atoms with Crippen LogP contribution in [-0.4, -0.2) is 22.2 Å². The predicted octanol–water partition coefficient (Wildman–Crippen LogP) is 6.64. The Balaban J connectivity index is 1.36. The molecule has 2 aromatic heterocycles. The number of para-hydroxylation sites is 1. The van der Waals surface area contributed by atoms with Crippen molar-refractivity contribution in [1.29, 1.82) is 0 Å². The Morgan fingerprint density at radius 3 is 2.65 bits per heavy atom. The third kappa shape index (κ3) is 5.36. The SMILES string of the molecule is O=C1/C(=C/c2cccs2)S/C(=N/N=C\c2cccc(Oc3ccccc3)c2)N1Cc1ccco1. The van der Waals surface area contributed by atoms with Gasteiger partial charge in [0.05, 0.1) is 23.9 Å². The third-order valence-corrected chi connectivity index (χ3v) is 6.60. The Labute approximate surface area is 204 Å². The Morgan fingerprint density at radius 2 is 1.85 bits per heavy atom. The summed E-state index contributed by atoms with van der Waals surface area (Å²) in [5.41, 5.74) is 0.832. The maximum Gasteiger partial charge on any atom is 0.267 e. The number of thiophene rings is 1. The number of ether oxygens (including phenoxy) is 1. The van der Waals surface area contributed by atoms with Crippen LogP contribution in [0.5, 0.6) is 11.5 Å². The van der Waals surface area contributed by atoms with E-state index in [0.717, 1.165) is 16.2 Å². The summed E-state index contributed by atoms with van der Waals surface area (Å²) < 4.78 is 11.3. The lowest BCUT2D eigenvalue weighted by molar-refractivity contribution is -0.122. The molecule has 3 heterocycles. The highest BCUT2D eigenvalue weighted by atomic mass is 32.2. The molecular formula is C26H19N3O3S2. The van der Waals surface area contributed by atoms with Crippen LogP contribution in [-0.2, 0) is 11.3 Å². The molecule has 0 atom stereocenters. The number of hydrogen-bond donors (Lipinski definition) is 0. The highest BCUT2D eigenvalue weighted by Crippen LogP contribution is 2.34. The minimum absolute atomic E-state index is 0.123. The smallest absolute Gasteiger partial charge is 0.267 e. The minimum atomic E-state index is -0.123. The second kappa shape index (κ2) is 10.4. The zero-order valence-corrected chi connectivity index (χ0v) is 19.5. The van der Waals surface area contributed by atoms with E-state index in [1.54, 1.807) is 34.8 Å². The molecule has 4 aromatic rings. The molecule has 0 N–H and O–H groups in total. The number of nitrogens with zero attached hydrogens (tertiary/aromatic N) is 3. The molecule has 2 aromatic carbocycles. The van der Waals surface area contributed by atoms with Crippen molar-refractivity contribution in [1.82, 2.24) is 4.90 Å². The Morgan fingerprint density at radius 1 is 0.971 bits per heavy atom. The molecule has 0 unspecified atom stereocenters. The van der Waals surface area contributed by atoms with Gasteiger partial charge in [-0.2, -0.15) is 5.10 Å². The zero-order valence-electron chi connectivity index (χ0n) is 17.9. The summed E-state index contributed by atoms with van der Waals surface area (Å²) in [5.74, 6) is 2.01. The number of carbonyl (C=O) groups is 1. The lowest BCUT2D eigenvalue weighted by Crippen LogP contribution is -2.28. The number of furan rings is 1. The number of carbonyl (C=O) groups excluding carboxylic acids is 1. The fraction of sp³-hybridized carbons (Fsp3) is 0.0385. The van der Waals surface area contributed by atoms with Crippen LogP contribution in [0.3, 0.4) is 0 Å². The number of benzene rings is 2. The molecule has 1 amide bonds. The van der Waals surface area contributed by atoms with Gasteiger partial charge < -0.3 is 9.15 Å². The van der Waals surface area contributed by atoms with Crippen molar-refractivity contribution >= 4 is 46.5 Å². The molecule has 1 aliphatic rings. The number of amides is 1. The lowest BCUT2D eigenvalue weighted by Gasteiger charge is -2.12. The van der Waals surface area contributed by atoms with Crippen LogP contribution in [0.25, 0.3) is 6.08 Å². The van der Waals surface area contributed by atoms with E-state index >= 15 is 0 Å². The van der Waals surface area contributed by atoms with E-state index in [0.29, 0.717) is 21.6 Å². The largest absolute Gasteiger partial charge is 0.467 e. The Bertz CT molecular complexity index is 1350. The summed E-state index contributed by atoms with van der Waals surface area (Å²) >= 11 is 2.88. The molecule has 0 saturated carbocycles. The van der Waals surface area contributed by atoms with E-state index < -0.39 is 0 Å². The molecule has 168 valence electrons. The molecule has 1 aliphatic heterocycles. The van der Waals surface area contributed by atoms with Gasteiger partial charge in [-0.25, -0.2) is 0 Å². The van der Waals surface area contributed by atoms with Gasteiger partial charge in [0, 0.05) is 4.88 Å². The van der Waals surface area contributed by atoms with Gasteiger partial charge in [-0.05, 0) is 71.2 Å². The number of rotatable bonds is 7. The fourth-order valence-electron chi connectivity index (χ4n) is 3.21. The van der Waals surface area contributed by atoms with Crippen LogP contribution in [0.2, 0.25) is 0 Å². The molecule has 6 nitrogen and oxygen atoms in total. The molecule has 1 fully saturated rings. The monoisotopic (exact) mass is 485 g/mol. The highest BCUT2D eigenvalue weighted by molar-refractivity contribution is 8.18. The van der Waals surface area contributed by atoms with Crippen LogP contribution in [0.4, 0.5) is 0 Å². The standard InChI is InChI=1S/C26H19N3O3S2/c30-25-24(16-23-12-6-14-33-23)34-26(29(25)18-22-11-5-13-31-22)28-27-17-19-7-4-10-21(15-19)32-20-8-2-1-3-9-20/h1-17H,18H2/b24-16-,27-17-,28-26+. The van der Waals surface area contributed by atoms with Gasteiger partial charge in [0.15, 0.2) is 5.17 Å². The average Bonchev–Trinajstić information content (AvgIpc) is 3.61. The second-order valence-electron chi connectivity index (χ2n) is 7.21. The van der Waals surface area contributed by atoms with Crippen LogP contribution in [0, 0.1) is 0 Å². The first kappa shape index (κ1) is 21.9. The van der Waals surface area contributed by atoms with Crippen molar-refractivity contribution in [2.24, 2.45) is 10.2 Å². The summed E-state index contributed by atoms with van der Waals surface area (Å²) in [6.07, 6.45) is 5.11. The van der Waals surface area contributed by atoms with Crippen LogP contribution < -0.4 is 4.74 Å². The zero-order chi connectivity index (χ0) is 23.2. The van der Waals surface area contributed by atoms with Gasteiger partial charge in [-0.3, -0.25) is 9.69 Å². The first-order valence-electron chi connectivity index (χ1n) is 10.5. The van der Waals surface area contributed by atoms with E-state index in [1.165, 1.54) is 11.8 Å². The molecule has 1 saturated heterocycles. The summed E-state index contributed by atoms with van der Waals surface area (Å²) in [4.78, 5) is 16.3. The number of amidine groups is 1. The molecular weight excluding hydrogens is 466 g/mol. The summed E-state index contributed by atoms with van der Waals surface area (Å²) in [5, 5.41) is 11.1. The highest BCUT2D eigenvalue weighted by Gasteiger charge is 2.34. The minimum Gasteiger partial charge on any atom is -0.467 e. The van der Waals surface area contributed by atoms with Crippen molar-refractivity contribution in [3.05, 3.63) is 112 Å². The molecule has 0 aliphatic carbocycles. The molecule has 5 rings (SSSR count). The second-order valence-corrected chi connectivity index (χ2v) is 9.20. The summed E-state index contributed by atoms with van der Waals surface area (Å²) in [7, 11) is 0. The van der Waals surface area contributed by atoms with Gasteiger partial charge in [0.1, 0.15) is 17.3 Å². The topological polar surface area (TPSA) is 67.4 Å². The van der Waals surface area contributed by atoms with Gasteiger partial charge in [-0.1, -0.05) is 36.4 Å². The van der Waals surface area contributed by atoms with Crippen molar-refractivity contribution in [2.45, 2.75) is 6.54 Å². The molecule has 8 heteroatoms. The maximum absolute atomic E-state index is 13.1. The van der Waals surface area contributed by atoms with Gasteiger partial charge in [0.25, 0.3) is 5.91 Å². The van der Waals surface area contributed by atoms with E-state index in [2.05, 4.69) is 10.2 Å². The summed E-state index contributed by atoms with van der Waals surface area (Å²) in [6.45, 7) is 0.287. The molecule has 0 spiro atoms. The van der Waals surface area contributed by atoms with Crippen molar-refractivity contribution in [3.8, 4) is 11.5 Å². The van der Waals surface area contributed by atoms with E-state index in [-0.39, 0.29) is 12.5 Å². The Hall–Kier alpha value is -3.88. The molecule has 0 radical (unpaired) electrons. The molecule has 0 bridgehead atoms. The lowest BCUT2D eigenvalue weighted by atomic mass is 10.2. The van der Waals surface area contributed by atoms with Crippen molar-refractivity contribution in [2.75, 3.05) is 0 Å². The summed E-state index contributed by atoms with van der Waals surface area (Å²) in [6, 6.07) is 24.7. The average molecular weight is 486 g/mol. The quantitative estimate of drug-likeness (QED) is 0.167. The van der Waals surface area contributed by atoms with Crippen LogP contribution in [0.1, 0.15) is 16.2 Å². The molecule has 34 heavy (non-hydrogen) atoms. The van der Waals surface area contributed by atoms with E-state index in [9.17, 15) is 4.79 Å². The number of hydrogen-bond acceptors (Lipinski definition) is 7. The fourth-order valence-corrected chi connectivity index (χ4v) is 4.87. The van der Waals surface area contributed by atoms with Crippen LogP contribution in [0.15, 0.2) is 110 Å². The first-order chi connectivity index (χ1) is 16.7.